The van der Waals surface area contributed by atoms with Gasteiger partial charge >= 0.3 is 0 Å². The molecule has 2 aromatic carbocycles. The Morgan fingerprint density at radius 3 is 2.33 bits per heavy atom. The van der Waals surface area contributed by atoms with Crippen molar-refractivity contribution in [3.05, 3.63) is 83.7 Å². The van der Waals surface area contributed by atoms with E-state index in [1.165, 1.54) is 11.3 Å². The minimum atomic E-state index is 0.598. The fraction of sp³-hybridized carbons (Fsp3) is 0.227. The summed E-state index contributed by atoms with van der Waals surface area (Å²) in [6.45, 7) is 6.59. The van der Waals surface area contributed by atoms with Gasteiger partial charge in [0.05, 0.1) is 17.6 Å². The largest absolute Gasteiger partial charge is 0.313 e. The molecule has 1 unspecified atom stereocenters. The normalized spacial score (nSPS) is 12.6. The van der Waals surface area contributed by atoms with E-state index >= 15 is 0 Å². The molecule has 0 saturated heterocycles. The second-order valence-corrected chi connectivity index (χ2v) is 6.23. The van der Waals surface area contributed by atoms with Crippen LogP contribution in [0.25, 0.3) is 5.69 Å². The molecule has 0 aliphatic rings. The summed E-state index contributed by atoms with van der Waals surface area (Å²) >= 11 is 0. The van der Waals surface area contributed by atoms with Crippen LogP contribution in [0, 0.1) is 6.92 Å². The zero-order valence-electron chi connectivity index (χ0n) is 14.6. The fourth-order valence-corrected chi connectivity index (χ4v) is 2.85. The smallest absolute Gasteiger partial charge is 0.0641 e. The molecular weight excluding hydrogens is 292 g/mol. The molecule has 2 nitrogen and oxygen atoms in total. The minimum absolute atomic E-state index is 0.598. The van der Waals surface area contributed by atoms with Gasteiger partial charge in [-0.05, 0) is 61.2 Å². The van der Waals surface area contributed by atoms with E-state index in [1.54, 1.807) is 0 Å². The quantitative estimate of drug-likeness (QED) is 0.510. The predicted octanol–water partition coefficient (Wildman–Crippen LogP) is 6.05. The SMILES string of the molecule is CCC(C)c1ccc(N=Cc2ccc(C)n2-c2ccccc2)cc1. The summed E-state index contributed by atoms with van der Waals surface area (Å²) in [7, 11) is 0. The van der Waals surface area contributed by atoms with E-state index in [2.05, 4.69) is 91.0 Å². The maximum absolute atomic E-state index is 4.66. The second kappa shape index (κ2) is 7.31. The zero-order valence-corrected chi connectivity index (χ0v) is 14.6. The lowest BCUT2D eigenvalue weighted by atomic mass is 9.99. The van der Waals surface area contributed by atoms with Crippen molar-refractivity contribution in [1.29, 1.82) is 0 Å². The van der Waals surface area contributed by atoms with Gasteiger partial charge in [-0.25, -0.2) is 0 Å². The number of hydrogen-bond acceptors (Lipinski definition) is 1. The van der Waals surface area contributed by atoms with Crippen LogP contribution in [-0.2, 0) is 0 Å². The highest BCUT2D eigenvalue weighted by atomic mass is 15.0. The van der Waals surface area contributed by atoms with Crippen LogP contribution in [0.5, 0.6) is 0 Å². The fourth-order valence-electron chi connectivity index (χ4n) is 2.85. The molecular formula is C22H24N2. The van der Waals surface area contributed by atoms with Gasteiger partial charge in [-0.1, -0.05) is 44.2 Å². The van der Waals surface area contributed by atoms with E-state index in [0.717, 1.165) is 23.5 Å². The Hall–Kier alpha value is -2.61. The third-order valence-corrected chi connectivity index (χ3v) is 4.54. The van der Waals surface area contributed by atoms with Crippen molar-refractivity contribution in [2.75, 3.05) is 0 Å². The van der Waals surface area contributed by atoms with Crippen molar-refractivity contribution in [1.82, 2.24) is 4.57 Å². The molecule has 0 N–H and O–H groups in total. The van der Waals surface area contributed by atoms with Gasteiger partial charge in [0.1, 0.15) is 0 Å². The Kier molecular flexibility index (Phi) is 4.95. The number of aliphatic imine (C=N–C) groups is 1. The molecule has 0 aliphatic carbocycles. The summed E-state index contributed by atoms with van der Waals surface area (Å²) in [6.07, 6.45) is 3.10. The van der Waals surface area contributed by atoms with Crippen molar-refractivity contribution in [3.8, 4) is 5.69 Å². The van der Waals surface area contributed by atoms with E-state index in [0.29, 0.717) is 5.92 Å². The molecule has 0 saturated carbocycles. The maximum atomic E-state index is 4.66. The molecule has 2 heteroatoms. The molecule has 3 aromatic rings. The van der Waals surface area contributed by atoms with Crippen LogP contribution in [0.15, 0.2) is 71.7 Å². The van der Waals surface area contributed by atoms with Crippen LogP contribution < -0.4 is 0 Å². The number of nitrogens with zero attached hydrogens (tertiary/aromatic N) is 2. The molecule has 122 valence electrons. The molecule has 1 aromatic heterocycles. The number of para-hydroxylation sites is 1. The number of hydrogen-bond donors (Lipinski definition) is 0. The molecule has 0 fully saturated rings. The number of aryl methyl sites for hydroxylation is 1. The summed E-state index contributed by atoms with van der Waals surface area (Å²) in [5.74, 6) is 0.598. The summed E-state index contributed by atoms with van der Waals surface area (Å²) < 4.78 is 2.22. The van der Waals surface area contributed by atoms with Crippen LogP contribution in [0.4, 0.5) is 5.69 Å². The lowest BCUT2D eigenvalue weighted by molar-refractivity contribution is 0.734. The summed E-state index contributed by atoms with van der Waals surface area (Å²) in [5.41, 5.74) is 5.81. The molecule has 3 rings (SSSR count). The molecule has 0 bridgehead atoms. The first kappa shape index (κ1) is 16.3. The number of rotatable bonds is 5. The monoisotopic (exact) mass is 316 g/mol. The van der Waals surface area contributed by atoms with Crippen LogP contribution in [0.2, 0.25) is 0 Å². The average molecular weight is 316 g/mol. The molecule has 1 atom stereocenters. The Balaban J connectivity index is 1.85. The predicted molar refractivity (Wildman–Crippen MR) is 103 cm³/mol. The van der Waals surface area contributed by atoms with Crippen LogP contribution in [-0.4, -0.2) is 10.8 Å². The van der Waals surface area contributed by atoms with Gasteiger partial charge in [0, 0.05) is 11.4 Å². The Labute approximate surface area is 144 Å². The van der Waals surface area contributed by atoms with Crippen molar-refractivity contribution < 1.29 is 0 Å². The van der Waals surface area contributed by atoms with Gasteiger partial charge < -0.3 is 4.57 Å². The Morgan fingerprint density at radius 2 is 1.67 bits per heavy atom. The average Bonchev–Trinajstić information content (AvgIpc) is 3.01. The first-order valence-corrected chi connectivity index (χ1v) is 8.57. The van der Waals surface area contributed by atoms with Gasteiger partial charge in [-0.3, -0.25) is 4.99 Å². The first-order chi connectivity index (χ1) is 11.7. The highest BCUT2D eigenvalue weighted by molar-refractivity contribution is 5.81. The van der Waals surface area contributed by atoms with Crippen LogP contribution in [0.1, 0.15) is 43.1 Å². The van der Waals surface area contributed by atoms with Crippen molar-refractivity contribution in [2.24, 2.45) is 4.99 Å². The highest BCUT2D eigenvalue weighted by Gasteiger charge is 2.05. The number of benzene rings is 2. The standard InChI is InChI=1S/C22H24N2/c1-4-17(2)19-11-13-20(14-12-19)23-16-22-15-10-18(3)24(22)21-8-6-5-7-9-21/h5-17H,4H2,1-3H3. The number of aromatic nitrogens is 1. The van der Waals surface area contributed by atoms with Crippen molar-refractivity contribution in [3.63, 3.8) is 0 Å². The van der Waals surface area contributed by atoms with E-state index in [4.69, 9.17) is 0 Å². The lowest BCUT2D eigenvalue weighted by Crippen LogP contribution is -2.00. The highest BCUT2D eigenvalue weighted by Crippen LogP contribution is 2.22. The summed E-state index contributed by atoms with van der Waals surface area (Å²) in [6, 6.07) is 23.2. The van der Waals surface area contributed by atoms with E-state index < -0.39 is 0 Å². The van der Waals surface area contributed by atoms with E-state index in [-0.39, 0.29) is 0 Å². The second-order valence-electron chi connectivity index (χ2n) is 6.23. The van der Waals surface area contributed by atoms with Gasteiger partial charge in [0.2, 0.25) is 0 Å². The third kappa shape index (κ3) is 3.48. The maximum Gasteiger partial charge on any atom is 0.0641 e. The molecule has 1 heterocycles. The van der Waals surface area contributed by atoms with Gasteiger partial charge in [0.25, 0.3) is 0 Å². The molecule has 24 heavy (non-hydrogen) atoms. The minimum Gasteiger partial charge on any atom is -0.313 e. The van der Waals surface area contributed by atoms with Crippen LogP contribution >= 0.6 is 0 Å². The summed E-state index contributed by atoms with van der Waals surface area (Å²) in [5, 5.41) is 0. The van der Waals surface area contributed by atoms with Crippen LogP contribution in [0.3, 0.4) is 0 Å². The van der Waals surface area contributed by atoms with Crippen molar-refractivity contribution >= 4 is 11.9 Å². The topological polar surface area (TPSA) is 17.3 Å². The summed E-state index contributed by atoms with van der Waals surface area (Å²) in [4.78, 5) is 4.66. The zero-order chi connectivity index (χ0) is 16.9. The van der Waals surface area contributed by atoms with E-state index in [1.807, 2.05) is 12.3 Å². The Morgan fingerprint density at radius 1 is 0.958 bits per heavy atom. The van der Waals surface area contributed by atoms with Gasteiger partial charge in [-0.2, -0.15) is 0 Å². The molecule has 0 amide bonds. The molecule has 0 aliphatic heterocycles. The lowest BCUT2D eigenvalue weighted by Gasteiger charge is -2.09. The third-order valence-electron chi connectivity index (χ3n) is 4.54. The molecule has 0 radical (unpaired) electrons. The van der Waals surface area contributed by atoms with E-state index in [9.17, 15) is 0 Å². The Bertz CT molecular complexity index is 811. The van der Waals surface area contributed by atoms with Gasteiger partial charge in [0.15, 0.2) is 0 Å². The first-order valence-electron chi connectivity index (χ1n) is 8.57. The molecule has 0 spiro atoms. The van der Waals surface area contributed by atoms with Crippen molar-refractivity contribution in [2.45, 2.75) is 33.1 Å². The van der Waals surface area contributed by atoms with Gasteiger partial charge in [-0.15, -0.1) is 0 Å².